The van der Waals surface area contributed by atoms with Crippen molar-refractivity contribution in [2.75, 3.05) is 7.11 Å². The molecule has 0 aliphatic rings. The van der Waals surface area contributed by atoms with Crippen LogP contribution in [0.4, 0.5) is 0 Å². The first-order chi connectivity index (χ1) is 7.65. The molecule has 0 atom stereocenters. The van der Waals surface area contributed by atoms with Gasteiger partial charge in [0.2, 0.25) is 0 Å². The van der Waals surface area contributed by atoms with Crippen LogP contribution in [0.5, 0.6) is 0 Å². The van der Waals surface area contributed by atoms with Gasteiger partial charge in [-0.25, -0.2) is 4.79 Å². The van der Waals surface area contributed by atoms with Gasteiger partial charge < -0.3 is 9.84 Å². The Morgan fingerprint density at radius 1 is 1.56 bits per heavy atom. The number of hydrogen-bond acceptors (Lipinski definition) is 3. The predicted octanol–water partition coefficient (Wildman–Crippen LogP) is 3.40. The smallest absolute Gasteiger partial charge is 0.346 e. The van der Waals surface area contributed by atoms with Crippen molar-refractivity contribution in [3.05, 3.63) is 33.7 Å². The van der Waals surface area contributed by atoms with Gasteiger partial charge in [0, 0.05) is 18.1 Å². The van der Waals surface area contributed by atoms with Gasteiger partial charge in [-0.2, -0.15) is 0 Å². The third kappa shape index (κ3) is 1.80. The summed E-state index contributed by atoms with van der Waals surface area (Å²) in [6, 6.07) is 5.42. The number of halogens is 1. The van der Waals surface area contributed by atoms with E-state index in [1.165, 1.54) is 11.3 Å². The third-order valence-corrected chi connectivity index (χ3v) is 3.95. The summed E-state index contributed by atoms with van der Waals surface area (Å²) in [5.41, 5.74) is 0.692. The highest BCUT2D eigenvalue weighted by molar-refractivity contribution is 7.21. The van der Waals surface area contributed by atoms with Crippen molar-refractivity contribution < 1.29 is 14.6 Å². The minimum Gasteiger partial charge on any atom is -0.477 e. The van der Waals surface area contributed by atoms with Gasteiger partial charge in [0.15, 0.2) is 0 Å². The summed E-state index contributed by atoms with van der Waals surface area (Å²) in [4.78, 5) is 11.4. The number of hydrogen-bond donors (Lipinski definition) is 1. The SMILES string of the molecule is COCc1c(C(=O)O)sc2c(Cl)cccc12. The van der Waals surface area contributed by atoms with E-state index in [9.17, 15) is 4.79 Å². The Balaban J connectivity index is 2.75. The summed E-state index contributed by atoms with van der Waals surface area (Å²) in [6.45, 7) is 0.280. The second-order valence-corrected chi connectivity index (χ2v) is 4.69. The Hall–Kier alpha value is -1.10. The van der Waals surface area contributed by atoms with Crippen molar-refractivity contribution in [3.8, 4) is 0 Å². The molecule has 0 saturated carbocycles. The highest BCUT2D eigenvalue weighted by atomic mass is 35.5. The lowest BCUT2D eigenvalue weighted by Crippen LogP contribution is -1.98. The van der Waals surface area contributed by atoms with Crippen LogP contribution in [0.3, 0.4) is 0 Å². The zero-order chi connectivity index (χ0) is 11.7. The first-order valence-corrected chi connectivity index (χ1v) is 5.76. The quantitative estimate of drug-likeness (QED) is 0.916. The molecule has 1 N–H and O–H groups in total. The molecule has 2 rings (SSSR count). The van der Waals surface area contributed by atoms with Crippen LogP contribution in [0.25, 0.3) is 10.1 Å². The molecule has 0 spiro atoms. The Morgan fingerprint density at radius 2 is 2.31 bits per heavy atom. The van der Waals surface area contributed by atoms with Crippen molar-refractivity contribution in [3.63, 3.8) is 0 Å². The highest BCUT2D eigenvalue weighted by Crippen LogP contribution is 2.36. The van der Waals surface area contributed by atoms with Crippen molar-refractivity contribution >= 4 is 39.0 Å². The molecule has 16 heavy (non-hydrogen) atoms. The van der Waals surface area contributed by atoms with E-state index in [1.54, 1.807) is 13.2 Å². The number of aromatic carboxylic acids is 1. The number of carboxylic acids is 1. The minimum absolute atomic E-state index is 0.280. The summed E-state index contributed by atoms with van der Waals surface area (Å²) >= 11 is 7.21. The second-order valence-electron chi connectivity index (χ2n) is 3.26. The van der Waals surface area contributed by atoms with Crippen LogP contribution >= 0.6 is 22.9 Å². The lowest BCUT2D eigenvalue weighted by atomic mass is 10.1. The second kappa shape index (κ2) is 4.41. The highest BCUT2D eigenvalue weighted by Gasteiger charge is 2.18. The number of rotatable bonds is 3. The van der Waals surface area contributed by atoms with Gasteiger partial charge in [0.1, 0.15) is 4.88 Å². The molecule has 5 heteroatoms. The first-order valence-electron chi connectivity index (χ1n) is 4.57. The van der Waals surface area contributed by atoms with Gasteiger partial charge in [-0.1, -0.05) is 23.7 Å². The number of carboxylic acid groups (broad SMARTS) is 1. The summed E-state index contributed by atoms with van der Waals surface area (Å²) in [5.74, 6) is -0.940. The summed E-state index contributed by atoms with van der Waals surface area (Å²) in [6.07, 6.45) is 0. The fourth-order valence-electron chi connectivity index (χ4n) is 1.60. The topological polar surface area (TPSA) is 46.5 Å². The van der Waals surface area contributed by atoms with Crippen LogP contribution in [0.2, 0.25) is 5.02 Å². The van der Waals surface area contributed by atoms with Crippen molar-refractivity contribution in [1.82, 2.24) is 0 Å². The lowest BCUT2D eigenvalue weighted by molar-refractivity contribution is 0.0698. The van der Waals surface area contributed by atoms with Gasteiger partial charge >= 0.3 is 5.97 Å². The number of fused-ring (bicyclic) bond motifs is 1. The Kier molecular flexibility index (Phi) is 3.14. The molecule has 1 heterocycles. The molecule has 0 unspecified atom stereocenters. The van der Waals surface area contributed by atoms with E-state index in [4.69, 9.17) is 21.4 Å². The fourth-order valence-corrected chi connectivity index (χ4v) is 2.94. The van der Waals surface area contributed by atoms with Crippen LogP contribution < -0.4 is 0 Å². The molecule has 0 bridgehead atoms. The number of thiophene rings is 1. The molecular formula is C11H9ClO3S. The van der Waals surface area contributed by atoms with Gasteiger partial charge in [-0.3, -0.25) is 0 Å². The summed E-state index contributed by atoms with van der Waals surface area (Å²) in [5, 5.41) is 10.5. The Bertz CT molecular complexity index is 547. The van der Waals surface area contributed by atoms with Crippen molar-refractivity contribution in [1.29, 1.82) is 0 Å². The Labute approximate surface area is 101 Å². The molecule has 0 fully saturated rings. The van der Waals surface area contributed by atoms with Gasteiger partial charge in [0.05, 0.1) is 16.3 Å². The number of benzene rings is 1. The van der Waals surface area contributed by atoms with Crippen LogP contribution in [0, 0.1) is 0 Å². The van der Waals surface area contributed by atoms with Crippen molar-refractivity contribution in [2.45, 2.75) is 6.61 Å². The van der Waals surface area contributed by atoms with Gasteiger partial charge in [-0.15, -0.1) is 11.3 Å². The normalized spacial score (nSPS) is 10.9. The van der Waals surface area contributed by atoms with E-state index in [0.29, 0.717) is 15.5 Å². The van der Waals surface area contributed by atoms with Crippen LogP contribution in [0.1, 0.15) is 15.2 Å². The average molecular weight is 257 g/mol. The van der Waals surface area contributed by atoms with E-state index in [1.807, 2.05) is 12.1 Å². The van der Waals surface area contributed by atoms with E-state index in [-0.39, 0.29) is 6.61 Å². The lowest BCUT2D eigenvalue weighted by Gasteiger charge is -1.99. The molecule has 1 aromatic carbocycles. The zero-order valence-electron chi connectivity index (χ0n) is 8.49. The molecule has 0 aliphatic heterocycles. The molecule has 0 aliphatic carbocycles. The third-order valence-electron chi connectivity index (χ3n) is 2.25. The number of ether oxygens (including phenoxy) is 1. The minimum atomic E-state index is -0.940. The maximum absolute atomic E-state index is 11.1. The molecule has 1 aromatic heterocycles. The fraction of sp³-hybridized carbons (Fsp3) is 0.182. The molecule has 84 valence electrons. The van der Waals surface area contributed by atoms with Gasteiger partial charge in [-0.05, 0) is 6.07 Å². The van der Waals surface area contributed by atoms with E-state index in [2.05, 4.69) is 0 Å². The van der Waals surface area contributed by atoms with E-state index < -0.39 is 5.97 Å². The number of carbonyl (C=O) groups is 1. The molecule has 3 nitrogen and oxygen atoms in total. The first kappa shape index (κ1) is 11.4. The number of methoxy groups -OCH3 is 1. The summed E-state index contributed by atoms with van der Waals surface area (Å²) < 4.78 is 5.82. The maximum Gasteiger partial charge on any atom is 0.346 e. The van der Waals surface area contributed by atoms with Crippen molar-refractivity contribution in [2.24, 2.45) is 0 Å². The zero-order valence-corrected chi connectivity index (χ0v) is 10.1. The molecular weight excluding hydrogens is 248 g/mol. The largest absolute Gasteiger partial charge is 0.477 e. The van der Waals surface area contributed by atoms with E-state index >= 15 is 0 Å². The molecule has 0 radical (unpaired) electrons. The van der Waals surface area contributed by atoms with Crippen LogP contribution in [-0.2, 0) is 11.3 Å². The molecule has 0 amide bonds. The van der Waals surface area contributed by atoms with Gasteiger partial charge in [0.25, 0.3) is 0 Å². The predicted molar refractivity (Wildman–Crippen MR) is 64.5 cm³/mol. The van der Waals surface area contributed by atoms with E-state index in [0.717, 1.165) is 10.1 Å². The average Bonchev–Trinajstić information content (AvgIpc) is 2.60. The summed E-state index contributed by atoms with van der Waals surface area (Å²) in [7, 11) is 1.54. The Morgan fingerprint density at radius 3 is 2.94 bits per heavy atom. The monoisotopic (exact) mass is 256 g/mol. The molecule has 0 saturated heterocycles. The molecule has 2 aromatic rings. The maximum atomic E-state index is 11.1. The standard InChI is InChI=1S/C11H9ClO3S/c1-15-5-7-6-3-2-4-8(12)9(6)16-10(7)11(13)14/h2-4H,5H2,1H3,(H,13,14). The van der Waals surface area contributed by atoms with Crippen LogP contribution in [0.15, 0.2) is 18.2 Å². The van der Waals surface area contributed by atoms with Crippen LogP contribution in [-0.4, -0.2) is 18.2 Å².